The van der Waals surface area contributed by atoms with Gasteiger partial charge in [0.2, 0.25) is 5.91 Å². The SMILES string of the molecule is COc1ccc(-n2nc3cc(C)c(NC(=O)CC(C)C)cc3n2)cc1Cl. The molecule has 0 bridgehead atoms. The number of nitrogens with one attached hydrogen (secondary N) is 1. The Labute approximate surface area is 157 Å². The van der Waals surface area contributed by atoms with Crippen molar-refractivity contribution >= 4 is 34.2 Å². The topological polar surface area (TPSA) is 69.0 Å². The number of nitrogens with zero attached hydrogens (tertiary/aromatic N) is 3. The number of anilines is 1. The number of halogens is 1. The summed E-state index contributed by atoms with van der Waals surface area (Å²) >= 11 is 6.19. The fraction of sp³-hybridized carbons (Fsp3) is 0.316. The van der Waals surface area contributed by atoms with Gasteiger partial charge in [0.1, 0.15) is 16.8 Å². The number of methoxy groups -OCH3 is 1. The minimum Gasteiger partial charge on any atom is -0.495 e. The molecule has 0 atom stereocenters. The summed E-state index contributed by atoms with van der Waals surface area (Å²) in [7, 11) is 1.57. The Morgan fingerprint density at radius 3 is 2.54 bits per heavy atom. The second-order valence-electron chi connectivity index (χ2n) is 6.61. The van der Waals surface area contributed by atoms with Gasteiger partial charge in [-0.3, -0.25) is 4.79 Å². The molecule has 0 aliphatic heterocycles. The van der Waals surface area contributed by atoms with Crippen molar-refractivity contribution in [1.82, 2.24) is 15.0 Å². The average molecular weight is 373 g/mol. The van der Waals surface area contributed by atoms with Crippen molar-refractivity contribution < 1.29 is 9.53 Å². The summed E-state index contributed by atoms with van der Waals surface area (Å²) in [6.45, 7) is 5.97. The highest BCUT2D eigenvalue weighted by molar-refractivity contribution is 6.32. The van der Waals surface area contributed by atoms with Gasteiger partial charge in [-0.15, -0.1) is 10.2 Å². The largest absolute Gasteiger partial charge is 0.495 e. The number of rotatable bonds is 5. The lowest BCUT2D eigenvalue weighted by molar-refractivity contribution is -0.116. The number of fused-ring (bicyclic) bond motifs is 1. The van der Waals surface area contributed by atoms with Crippen LogP contribution in [-0.4, -0.2) is 28.0 Å². The number of aromatic nitrogens is 3. The Morgan fingerprint density at radius 1 is 1.23 bits per heavy atom. The minimum absolute atomic E-state index is 0.00298. The summed E-state index contributed by atoms with van der Waals surface area (Å²) in [5.41, 5.74) is 3.87. The first-order valence-corrected chi connectivity index (χ1v) is 8.76. The average Bonchev–Trinajstić information content (AvgIpc) is 2.97. The third-order valence-electron chi connectivity index (χ3n) is 3.96. The van der Waals surface area contributed by atoms with Crippen molar-refractivity contribution in [3.8, 4) is 11.4 Å². The summed E-state index contributed by atoms with van der Waals surface area (Å²) in [5.74, 6) is 0.898. The highest BCUT2D eigenvalue weighted by atomic mass is 35.5. The number of benzene rings is 2. The Kier molecular flexibility index (Phi) is 5.13. The molecule has 1 amide bonds. The first-order chi connectivity index (χ1) is 12.4. The fourth-order valence-corrected chi connectivity index (χ4v) is 2.92. The van der Waals surface area contributed by atoms with E-state index in [0.717, 1.165) is 22.5 Å². The molecule has 0 fully saturated rings. The van der Waals surface area contributed by atoms with Crippen LogP contribution in [0, 0.1) is 12.8 Å². The molecule has 0 saturated heterocycles. The van der Waals surface area contributed by atoms with Crippen molar-refractivity contribution in [2.24, 2.45) is 5.92 Å². The second-order valence-corrected chi connectivity index (χ2v) is 7.02. The van der Waals surface area contributed by atoms with E-state index < -0.39 is 0 Å². The molecule has 3 aromatic rings. The normalized spacial score (nSPS) is 11.2. The molecule has 3 rings (SSSR count). The lowest BCUT2D eigenvalue weighted by Gasteiger charge is -2.09. The summed E-state index contributed by atoms with van der Waals surface area (Å²) in [4.78, 5) is 13.6. The number of hydrogen-bond donors (Lipinski definition) is 1. The standard InChI is InChI=1S/C19H21ClN4O2/c1-11(2)7-19(25)21-15-10-17-16(8-12(15)3)22-24(23-17)13-5-6-18(26-4)14(20)9-13/h5-6,8-11H,7H2,1-4H3,(H,21,25). The van der Waals surface area contributed by atoms with Gasteiger partial charge in [0, 0.05) is 12.1 Å². The van der Waals surface area contributed by atoms with Gasteiger partial charge in [0.05, 0.1) is 17.8 Å². The molecule has 0 aliphatic rings. The molecule has 1 aromatic heterocycles. The fourth-order valence-electron chi connectivity index (χ4n) is 2.67. The summed E-state index contributed by atoms with van der Waals surface area (Å²) in [6.07, 6.45) is 0.481. The van der Waals surface area contributed by atoms with Crippen LogP contribution in [0.25, 0.3) is 16.7 Å². The lowest BCUT2D eigenvalue weighted by Crippen LogP contribution is -2.14. The van der Waals surface area contributed by atoms with E-state index >= 15 is 0 Å². The molecule has 6 nitrogen and oxygen atoms in total. The van der Waals surface area contributed by atoms with Crippen LogP contribution in [-0.2, 0) is 4.79 Å². The van der Waals surface area contributed by atoms with Crippen LogP contribution < -0.4 is 10.1 Å². The number of aryl methyl sites for hydroxylation is 1. The third kappa shape index (κ3) is 3.80. The maximum atomic E-state index is 12.1. The van der Waals surface area contributed by atoms with Crippen LogP contribution in [0.15, 0.2) is 30.3 Å². The Bertz CT molecular complexity index is 966. The highest BCUT2D eigenvalue weighted by Gasteiger charge is 2.12. The number of amides is 1. The van der Waals surface area contributed by atoms with Gasteiger partial charge in [-0.25, -0.2) is 0 Å². The highest BCUT2D eigenvalue weighted by Crippen LogP contribution is 2.27. The second kappa shape index (κ2) is 7.33. The number of ether oxygens (including phenoxy) is 1. The van der Waals surface area contributed by atoms with E-state index in [1.54, 1.807) is 19.2 Å². The zero-order valence-corrected chi connectivity index (χ0v) is 16.0. The molecule has 0 radical (unpaired) electrons. The molecule has 2 aromatic carbocycles. The molecule has 1 N–H and O–H groups in total. The minimum atomic E-state index is -0.00298. The predicted molar refractivity (Wildman–Crippen MR) is 103 cm³/mol. The van der Waals surface area contributed by atoms with Crippen molar-refractivity contribution in [3.05, 3.63) is 40.9 Å². The number of hydrogen-bond acceptors (Lipinski definition) is 4. The van der Waals surface area contributed by atoms with Crippen LogP contribution >= 0.6 is 11.6 Å². The lowest BCUT2D eigenvalue weighted by atomic mass is 10.1. The smallest absolute Gasteiger partial charge is 0.224 e. The van der Waals surface area contributed by atoms with Gasteiger partial charge in [-0.2, -0.15) is 4.80 Å². The van der Waals surface area contributed by atoms with Gasteiger partial charge < -0.3 is 10.1 Å². The number of carbonyl (C=O) groups is 1. The summed E-state index contributed by atoms with van der Waals surface area (Å²) in [6, 6.07) is 9.11. The van der Waals surface area contributed by atoms with E-state index in [4.69, 9.17) is 16.3 Å². The van der Waals surface area contributed by atoms with E-state index in [1.165, 1.54) is 4.80 Å². The first-order valence-electron chi connectivity index (χ1n) is 8.39. The van der Waals surface area contributed by atoms with E-state index in [-0.39, 0.29) is 5.91 Å². The zero-order chi connectivity index (χ0) is 18.8. The predicted octanol–water partition coefficient (Wildman–Crippen LogP) is 4.38. The van der Waals surface area contributed by atoms with Crippen LogP contribution in [0.3, 0.4) is 0 Å². The monoisotopic (exact) mass is 372 g/mol. The molecular formula is C19H21ClN4O2. The molecular weight excluding hydrogens is 352 g/mol. The molecule has 7 heteroatoms. The zero-order valence-electron chi connectivity index (χ0n) is 15.2. The van der Waals surface area contributed by atoms with E-state index in [0.29, 0.717) is 28.6 Å². The molecule has 0 aliphatic carbocycles. The van der Waals surface area contributed by atoms with Crippen LogP contribution in [0.4, 0.5) is 5.69 Å². The van der Waals surface area contributed by atoms with Gasteiger partial charge in [0.15, 0.2) is 0 Å². The molecule has 26 heavy (non-hydrogen) atoms. The quantitative estimate of drug-likeness (QED) is 0.721. The van der Waals surface area contributed by atoms with E-state index in [2.05, 4.69) is 15.5 Å². The molecule has 1 heterocycles. The van der Waals surface area contributed by atoms with Crippen molar-refractivity contribution in [1.29, 1.82) is 0 Å². The molecule has 0 unspecified atom stereocenters. The molecule has 136 valence electrons. The van der Waals surface area contributed by atoms with Crippen molar-refractivity contribution in [2.75, 3.05) is 12.4 Å². The van der Waals surface area contributed by atoms with Gasteiger partial charge in [-0.05, 0) is 48.7 Å². The van der Waals surface area contributed by atoms with Crippen LogP contribution in [0.1, 0.15) is 25.8 Å². The Balaban J connectivity index is 1.94. The maximum absolute atomic E-state index is 12.1. The van der Waals surface area contributed by atoms with Crippen molar-refractivity contribution in [3.63, 3.8) is 0 Å². The van der Waals surface area contributed by atoms with Gasteiger partial charge in [0.25, 0.3) is 0 Å². The van der Waals surface area contributed by atoms with Gasteiger partial charge in [-0.1, -0.05) is 25.4 Å². The Hall–Kier alpha value is -2.60. The summed E-state index contributed by atoms with van der Waals surface area (Å²) in [5, 5.41) is 12.5. The Morgan fingerprint density at radius 2 is 1.92 bits per heavy atom. The van der Waals surface area contributed by atoms with E-state index in [9.17, 15) is 4.79 Å². The summed E-state index contributed by atoms with van der Waals surface area (Å²) < 4.78 is 5.17. The van der Waals surface area contributed by atoms with E-state index in [1.807, 2.05) is 39.0 Å². The molecule has 0 spiro atoms. The van der Waals surface area contributed by atoms with Crippen LogP contribution in [0.5, 0.6) is 5.75 Å². The first kappa shape index (κ1) is 18.2. The molecule has 0 saturated carbocycles. The maximum Gasteiger partial charge on any atom is 0.224 e. The number of carbonyl (C=O) groups excluding carboxylic acids is 1. The van der Waals surface area contributed by atoms with Crippen molar-refractivity contribution in [2.45, 2.75) is 27.2 Å². The van der Waals surface area contributed by atoms with Gasteiger partial charge >= 0.3 is 0 Å². The third-order valence-corrected chi connectivity index (χ3v) is 4.26. The van der Waals surface area contributed by atoms with Crippen LogP contribution in [0.2, 0.25) is 5.02 Å².